The summed E-state index contributed by atoms with van der Waals surface area (Å²) in [6.45, 7) is 1.44. The molecule has 3 N–H and O–H groups in total. The van der Waals surface area contributed by atoms with Gasteiger partial charge < -0.3 is 16.0 Å². The van der Waals surface area contributed by atoms with Gasteiger partial charge >= 0.3 is 6.18 Å². The standard InChI is InChI=1S/C23H27F3N4O2S/c1-14(11-19(27)15-5-7-16(8-6-15)22-28-9-10-33-22)30-20(31)13-29-21(32)17-3-2-4-18(12-17)23(24,25)26/h2-4,9-10,12,14-16,27H,5-8,11,13H2,1H3,(H,29,32)(H,30,31)/t14-,15?,16?/m1/s1. The molecule has 0 saturated heterocycles. The third-order valence-corrected chi connectivity index (χ3v) is 6.75. The summed E-state index contributed by atoms with van der Waals surface area (Å²) in [6.07, 6.45) is 1.55. The molecular weight excluding hydrogens is 453 g/mol. The van der Waals surface area contributed by atoms with E-state index in [2.05, 4.69) is 15.6 Å². The molecule has 178 valence electrons. The number of aromatic nitrogens is 1. The van der Waals surface area contributed by atoms with Crippen molar-refractivity contribution in [1.29, 1.82) is 5.41 Å². The molecule has 0 bridgehead atoms. The summed E-state index contributed by atoms with van der Waals surface area (Å²) in [6, 6.07) is 3.75. The number of rotatable bonds is 8. The van der Waals surface area contributed by atoms with Crippen LogP contribution in [-0.2, 0) is 11.0 Å². The van der Waals surface area contributed by atoms with Crippen molar-refractivity contribution >= 4 is 28.9 Å². The Balaban J connectivity index is 1.40. The maximum Gasteiger partial charge on any atom is 0.416 e. The fraction of sp³-hybridized carbons (Fsp3) is 0.478. The number of hydrogen-bond acceptors (Lipinski definition) is 5. The third kappa shape index (κ3) is 7.12. The zero-order chi connectivity index (χ0) is 24.0. The molecule has 1 aliphatic carbocycles. The summed E-state index contributed by atoms with van der Waals surface area (Å²) in [5.74, 6) is -0.551. The van der Waals surface area contributed by atoms with Crippen LogP contribution >= 0.6 is 11.3 Å². The fourth-order valence-corrected chi connectivity index (χ4v) is 4.91. The van der Waals surface area contributed by atoms with Crippen LogP contribution in [0, 0.1) is 11.3 Å². The summed E-state index contributed by atoms with van der Waals surface area (Å²) in [5, 5.41) is 16.6. The van der Waals surface area contributed by atoms with E-state index in [1.165, 1.54) is 6.07 Å². The summed E-state index contributed by atoms with van der Waals surface area (Å²) in [4.78, 5) is 28.7. The van der Waals surface area contributed by atoms with E-state index in [9.17, 15) is 22.8 Å². The lowest BCUT2D eigenvalue weighted by atomic mass is 9.79. The van der Waals surface area contributed by atoms with Crippen molar-refractivity contribution in [1.82, 2.24) is 15.6 Å². The highest BCUT2D eigenvalue weighted by atomic mass is 32.1. The molecule has 2 aromatic rings. The van der Waals surface area contributed by atoms with E-state index in [1.54, 1.807) is 18.3 Å². The van der Waals surface area contributed by atoms with E-state index in [-0.39, 0.29) is 24.1 Å². The number of nitrogens with zero attached hydrogens (tertiary/aromatic N) is 1. The Kier molecular flexibility index (Phi) is 8.23. The minimum absolute atomic E-state index is 0.166. The van der Waals surface area contributed by atoms with Gasteiger partial charge in [-0.3, -0.25) is 9.59 Å². The average Bonchev–Trinajstić information content (AvgIpc) is 3.32. The van der Waals surface area contributed by atoms with Crippen LogP contribution < -0.4 is 10.6 Å². The van der Waals surface area contributed by atoms with Crippen LogP contribution in [0.1, 0.15) is 65.9 Å². The molecule has 6 nitrogen and oxygen atoms in total. The van der Waals surface area contributed by atoms with Crippen LogP contribution in [0.25, 0.3) is 0 Å². The highest BCUT2D eigenvalue weighted by Crippen LogP contribution is 2.37. The van der Waals surface area contributed by atoms with Gasteiger partial charge in [-0.05, 0) is 56.7 Å². The zero-order valence-corrected chi connectivity index (χ0v) is 19.1. The largest absolute Gasteiger partial charge is 0.416 e. The monoisotopic (exact) mass is 480 g/mol. The second-order valence-corrected chi connectivity index (χ2v) is 9.30. The molecule has 3 rings (SSSR count). The molecule has 10 heteroatoms. The number of halogens is 3. The smallest absolute Gasteiger partial charge is 0.352 e. The predicted molar refractivity (Wildman–Crippen MR) is 121 cm³/mol. The Bertz CT molecular complexity index is 970. The van der Waals surface area contributed by atoms with Crippen LogP contribution in [0.3, 0.4) is 0 Å². The van der Waals surface area contributed by atoms with Gasteiger partial charge in [0.05, 0.1) is 17.1 Å². The van der Waals surface area contributed by atoms with E-state index in [0.717, 1.165) is 48.9 Å². The topological polar surface area (TPSA) is 94.9 Å². The molecule has 1 fully saturated rings. The number of nitrogens with one attached hydrogen (secondary N) is 3. The summed E-state index contributed by atoms with van der Waals surface area (Å²) < 4.78 is 38.4. The molecule has 0 unspecified atom stereocenters. The molecular formula is C23H27F3N4O2S. The van der Waals surface area contributed by atoms with Crippen molar-refractivity contribution < 1.29 is 22.8 Å². The normalized spacial score (nSPS) is 19.5. The van der Waals surface area contributed by atoms with Gasteiger partial charge in [-0.25, -0.2) is 4.98 Å². The van der Waals surface area contributed by atoms with Gasteiger partial charge in [-0.15, -0.1) is 11.3 Å². The van der Waals surface area contributed by atoms with Crippen LogP contribution in [0.15, 0.2) is 35.8 Å². The molecule has 1 atom stereocenters. The van der Waals surface area contributed by atoms with E-state index in [4.69, 9.17) is 5.41 Å². The Labute approximate surface area is 194 Å². The molecule has 0 aliphatic heterocycles. The second kappa shape index (κ2) is 10.9. The molecule has 1 aromatic carbocycles. The van der Waals surface area contributed by atoms with Gasteiger partial charge in [0.25, 0.3) is 5.91 Å². The summed E-state index contributed by atoms with van der Waals surface area (Å²) in [5.41, 5.74) is -0.485. The van der Waals surface area contributed by atoms with Crippen molar-refractivity contribution in [2.24, 2.45) is 5.92 Å². The van der Waals surface area contributed by atoms with Crippen molar-refractivity contribution in [2.75, 3.05) is 6.54 Å². The Morgan fingerprint density at radius 1 is 1.24 bits per heavy atom. The first kappa shape index (κ1) is 24.9. The van der Waals surface area contributed by atoms with E-state index >= 15 is 0 Å². The van der Waals surface area contributed by atoms with Crippen LogP contribution in [-0.4, -0.2) is 35.1 Å². The first-order valence-corrected chi connectivity index (χ1v) is 11.7. The lowest BCUT2D eigenvalue weighted by Gasteiger charge is -2.29. The van der Waals surface area contributed by atoms with Crippen molar-refractivity contribution in [3.05, 3.63) is 52.0 Å². The molecule has 1 aliphatic rings. The number of thiazole rings is 1. The third-order valence-electron chi connectivity index (χ3n) is 5.82. The SMILES string of the molecule is C[C@H](CC(=N)C1CCC(c2nccs2)CC1)NC(=O)CNC(=O)c1cccc(C(F)(F)F)c1. The maximum atomic E-state index is 12.8. The van der Waals surface area contributed by atoms with E-state index in [1.807, 2.05) is 11.6 Å². The van der Waals surface area contributed by atoms with Crippen molar-refractivity contribution in [3.63, 3.8) is 0 Å². The van der Waals surface area contributed by atoms with Crippen molar-refractivity contribution in [3.8, 4) is 0 Å². The highest BCUT2D eigenvalue weighted by Gasteiger charge is 2.31. The van der Waals surface area contributed by atoms with Crippen LogP contribution in [0.4, 0.5) is 13.2 Å². The van der Waals surface area contributed by atoms with Crippen LogP contribution in [0.5, 0.6) is 0 Å². The number of alkyl halides is 3. The second-order valence-electron chi connectivity index (χ2n) is 8.38. The number of amides is 2. The minimum Gasteiger partial charge on any atom is -0.352 e. The Morgan fingerprint density at radius 2 is 1.97 bits per heavy atom. The lowest BCUT2D eigenvalue weighted by molar-refractivity contribution is -0.137. The maximum absolute atomic E-state index is 12.8. The van der Waals surface area contributed by atoms with E-state index < -0.39 is 23.6 Å². The van der Waals surface area contributed by atoms with Gasteiger partial charge in [0.2, 0.25) is 5.91 Å². The fourth-order valence-electron chi connectivity index (χ4n) is 4.10. The molecule has 1 aromatic heterocycles. The number of benzene rings is 1. The molecule has 33 heavy (non-hydrogen) atoms. The molecule has 0 radical (unpaired) electrons. The molecule has 1 heterocycles. The number of carbonyl (C=O) groups excluding carboxylic acids is 2. The molecule has 0 spiro atoms. The number of hydrogen-bond donors (Lipinski definition) is 3. The summed E-state index contributed by atoms with van der Waals surface area (Å²) >= 11 is 1.67. The highest BCUT2D eigenvalue weighted by molar-refractivity contribution is 7.09. The lowest BCUT2D eigenvalue weighted by Crippen LogP contribution is -2.42. The first-order valence-electron chi connectivity index (χ1n) is 10.8. The Morgan fingerprint density at radius 3 is 2.61 bits per heavy atom. The van der Waals surface area contributed by atoms with E-state index in [0.29, 0.717) is 18.1 Å². The minimum atomic E-state index is -4.55. The quantitative estimate of drug-likeness (QED) is 0.475. The average molecular weight is 481 g/mol. The Hall–Kier alpha value is -2.75. The van der Waals surface area contributed by atoms with Gasteiger partial charge in [-0.2, -0.15) is 13.2 Å². The summed E-state index contributed by atoms with van der Waals surface area (Å²) in [7, 11) is 0. The predicted octanol–water partition coefficient (Wildman–Crippen LogP) is 4.78. The van der Waals surface area contributed by atoms with Gasteiger partial charge in [-0.1, -0.05) is 6.07 Å². The van der Waals surface area contributed by atoms with Crippen LogP contribution in [0.2, 0.25) is 0 Å². The number of carbonyl (C=O) groups is 2. The van der Waals surface area contributed by atoms with Gasteiger partial charge in [0.15, 0.2) is 0 Å². The molecule has 2 amide bonds. The first-order chi connectivity index (χ1) is 15.6. The van der Waals surface area contributed by atoms with Gasteiger partial charge in [0, 0.05) is 41.2 Å². The van der Waals surface area contributed by atoms with Gasteiger partial charge in [0.1, 0.15) is 0 Å². The zero-order valence-electron chi connectivity index (χ0n) is 18.2. The van der Waals surface area contributed by atoms with Crippen molar-refractivity contribution in [2.45, 2.75) is 57.2 Å². The molecule has 1 saturated carbocycles.